The van der Waals surface area contributed by atoms with E-state index in [9.17, 15) is 0 Å². The Kier molecular flexibility index (Phi) is 2.49. The first-order chi connectivity index (χ1) is 2.64. The lowest BCUT2D eigenvalue weighted by Crippen LogP contribution is -2.03. The molecule has 6 heavy (non-hydrogen) atoms. The highest BCUT2D eigenvalue weighted by molar-refractivity contribution is 6.57. The topological polar surface area (TPSA) is 0 Å². The maximum atomic E-state index is 2.34. The SMILES string of the molecule is CC(C)[Si-](C)C. The highest BCUT2D eigenvalue weighted by atomic mass is 28.3. The zero-order chi connectivity index (χ0) is 5.15. The minimum Gasteiger partial charge on any atom is -0.264 e. The third kappa shape index (κ3) is 2.45. The Bertz CT molecular complexity index is 24.9. The summed E-state index contributed by atoms with van der Waals surface area (Å²) >= 11 is 0. The molecule has 0 amide bonds. The first-order valence-corrected chi connectivity index (χ1v) is 5.02. The van der Waals surface area contributed by atoms with Crippen molar-refractivity contribution in [3.05, 3.63) is 0 Å². The van der Waals surface area contributed by atoms with Crippen LogP contribution in [0.2, 0.25) is 18.6 Å². The Morgan fingerprint density at radius 3 is 1.33 bits per heavy atom. The smallest absolute Gasteiger partial charge is 0.0930 e. The summed E-state index contributed by atoms with van der Waals surface area (Å²) in [5.41, 5.74) is 0.954. The van der Waals surface area contributed by atoms with Crippen LogP contribution in [0.5, 0.6) is 0 Å². The van der Waals surface area contributed by atoms with Crippen LogP contribution >= 0.6 is 0 Å². The van der Waals surface area contributed by atoms with Gasteiger partial charge in [0.1, 0.15) is 0 Å². The van der Waals surface area contributed by atoms with E-state index in [4.69, 9.17) is 0 Å². The first-order valence-electron chi connectivity index (χ1n) is 2.44. The van der Waals surface area contributed by atoms with E-state index < -0.39 is 0 Å². The molecular formula is C5H13Si-. The van der Waals surface area contributed by atoms with E-state index in [1.807, 2.05) is 0 Å². The fraction of sp³-hybridized carbons (Fsp3) is 1.00. The van der Waals surface area contributed by atoms with Crippen LogP contribution in [0.4, 0.5) is 0 Å². The highest BCUT2D eigenvalue weighted by Gasteiger charge is 1.81. The second-order valence-corrected chi connectivity index (χ2v) is 5.54. The third-order valence-corrected chi connectivity index (χ3v) is 3.46. The average molecular weight is 101 g/mol. The van der Waals surface area contributed by atoms with Crippen molar-refractivity contribution in [1.29, 1.82) is 0 Å². The van der Waals surface area contributed by atoms with E-state index in [0.717, 1.165) is 5.54 Å². The molecule has 0 spiro atoms. The Balaban J connectivity index is 2.99. The molecule has 0 aromatic heterocycles. The van der Waals surface area contributed by atoms with E-state index in [1.54, 1.807) is 0 Å². The number of hydrogen-bond donors (Lipinski definition) is 0. The van der Waals surface area contributed by atoms with Crippen LogP contribution in [0.25, 0.3) is 0 Å². The quantitative estimate of drug-likeness (QED) is 0.444. The van der Waals surface area contributed by atoms with Gasteiger partial charge >= 0.3 is 0 Å². The molecule has 0 aliphatic rings. The molecule has 0 aliphatic carbocycles. The molecule has 38 valence electrons. The molecule has 0 unspecified atom stereocenters. The van der Waals surface area contributed by atoms with E-state index >= 15 is 0 Å². The van der Waals surface area contributed by atoms with Gasteiger partial charge in [0, 0.05) is 0 Å². The maximum absolute atomic E-state index is 2.34. The van der Waals surface area contributed by atoms with E-state index in [0.29, 0.717) is 0 Å². The molecular weight excluding hydrogens is 88.1 g/mol. The lowest BCUT2D eigenvalue weighted by Gasteiger charge is -2.20. The standard InChI is InChI=1S/C5H13Si/c1-5(2)6(3)4/h5H,1-4H3/q-1. The van der Waals surface area contributed by atoms with Crippen LogP contribution in [0.1, 0.15) is 13.8 Å². The predicted octanol–water partition coefficient (Wildman–Crippen LogP) is 2.15. The highest BCUT2D eigenvalue weighted by Crippen LogP contribution is 2.04. The van der Waals surface area contributed by atoms with E-state index in [1.165, 1.54) is 0 Å². The zero-order valence-corrected chi connectivity index (χ0v) is 6.08. The summed E-state index contributed by atoms with van der Waals surface area (Å²) < 4.78 is 0. The van der Waals surface area contributed by atoms with Gasteiger partial charge in [0.05, 0.1) is 0 Å². The van der Waals surface area contributed by atoms with Gasteiger partial charge in [0.15, 0.2) is 0 Å². The Labute approximate surface area is 42.2 Å². The number of hydrogen-bond acceptors (Lipinski definition) is 0. The molecule has 0 radical (unpaired) electrons. The molecule has 0 atom stereocenters. The lowest BCUT2D eigenvalue weighted by atomic mass is 10.6. The van der Waals surface area contributed by atoms with Gasteiger partial charge in [0.25, 0.3) is 0 Å². The second kappa shape index (κ2) is 2.40. The van der Waals surface area contributed by atoms with Gasteiger partial charge in [-0.2, -0.15) is 18.6 Å². The second-order valence-electron chi connectivity index (χ2n) is 2.23. The Morgan fingerprint density at radius 2 is 1.33 bits per heavy atom. The molecule has 0 aromatic carbocycles. The summed E-state index contributed by atoms with van der Waals surface area (Å²) in [6, 6.07) is 0. The van der Waals surface area contributed by atoms with Gasteiger partial charge < -0.3 is 0 Å². The van der Waals surface area contributed by atoms with Crippen molar-refractivity contribution in [2.75, 3.05) is 0 Å². The van der Waals surface area contributed by atoms with Gasteiger partial charge in [-0.25, -0.2) is 0 Å². The normalized spacial score (nSPS) is 11.0. The van der Waals surface area contributed by atoms with E-state index in [2.05, 4.69) is 26.9 Å². The average Bonchev–Trinajstić information content (AvgIpc) is 1.36. The van der Waals surface area contributed by atoms with Crippen molar-refractivity contribution >= 4 is 8.80 Å². The molecule has 0 saturated carbocycles. The summed E-state index contributed by atoms with van der Waals surface area (Å²) in [4.78, 5) is 0. The minimum absolute atomic E-state index is 0.0484. The van der Waals surface area contributed by atoms with Crippen LogP contribution in [0, 0.1) is 0 Å². The van der Waals surface area contributed by atoms with Crippen LogP contribution in [0.3, 0.4) is 0 Å². The zero-order valence-electron chi connectivity index (χ0n) is 5.08. The molecule has 0 heterocycles. The van der Waals surface area contributed by atoms with Crippen molar-refractivity contribution in [2.24, 2.45) is 0 Å². The van der Waals surface area contributed by atoms with E-state index in [-0.39, 0.29) is 8.80 Å². The van der Waals surface area contributed by atoms with Gasteiger partial charge in [-0.3, -0.25) is 8.80 Å². The molecule has 0 fully saturated rings. The van der Waals surface area contributed by atoms with Crippen molar-refractivity contribution < 1.29 is 0 Å². The summed E-state index contributed by atoms with van der Waals surface area (Å²) in [5, 5.41) is 0. The first kappa shape index (κ1) is 6.22. The van der Waals surface area contributed by atoms with Crippen molar-refractivity contribution in [2.45, 2.75) is 32.5 Å². The summed E-state index contributed by atoms with van der Waals surface area (Å²) in [6.07, 6.45) is 0. The molecule has 1 heteroatoms. The van der Waals surface area contributed by atoms with Gasteiger partial charge in [0.2, 0.25) is 0 Å². The van der Waals surface area contributed by atoms with Crippen LogP contribution in [-0.4, -0.2) is 8.80 Å². The molecule has 0 aromatic rings. The van der Waals surface area contributed by atoms with Crippen molar-refractivity contribution in [1.82, 2.24) is 0 Å². The van der Waals surface area contributed by atoms with Gasteiger partial charge in [-0.1, -0.05) is 13.8 Å². The molecule has 0 bridgehead atoms. The third-order valence-electron chi connectivity index (χ3n) is 1.15. The molecule has 0 nitrogen and oxygen atoms in total. The van der Waals surface area contributed by atoms with Gasteiger partial charge in [-0.05, 0) is 0 Å². The summed E-state index contributed by atoms with van der Waals surface area (Å²) in [5.74, 6) is 0. The Hall–Kier alpha value is 0.217. The largest absolute Gasteiger partial charge is 0.264 e. The summed E-state index contributed by atoms with van der Waals surface area (Å²) in [6.45, 7) is 9.26. The monoisotopic (exact) mass is 101 g/mol. The van der Waals surface area contributed by atoms with Crippen LogP contribution in [-0.2, 0) is 0 Å². The van der Waals surface area contributed by atoms with Crippen LogP contribution < -0.4 is 0 Å². The molecule has 0 aliphatic heterocycles. The fourth-order valence-electron chi connectivity index (χ4n) is 0. The van der Waals surface area contributed by atoms with Crippen molar-refractivity contribution in [3.8, 4) is 0 Å². The lowest BCUT2D eigenvalue weighted by molar-refractivity contribution is 1.04. The minimum atomic E-state index is 0.0484. The predicted molar refractivity (Wildman–Crippen MR) is 32.6 cm³/mol. The van der Waals surface area contributed by atoms with Crippen LogP contribution in [0.15, 0.2) is 0 Å². The number of rotatable bonds is 1. The van der Waals surface area contributed by atoms with Gasteiger partial charge in [-0.15, -0.1) is 0 Å². The Morgan fingerprint density at radius 1 is 1.17 bits per heavy atom. The molecule has 0 saturated heterocycles. The summed E-state index contributed by atoms with van der Waals surface area (Å²) in [7, 11) is 0.0484. The maximum Gasteiger partial charge on any atom is -0.0930 e. The molecule has 0 rings (SSSR count). The van der Waals surface area contributed by atoms with Crippen molar-refractivity contribution in [3.63, 3.8) is 0 Å². The molecule has 0 N–H and O–H groups in total. The fourth-order valence-corrected chi connectivity index (χ4v) is 0.